The minimum absolute atomic E-state index is 0.176. The molecular weight excluding hydrogens is 292 g/mol. The molecule has 0 fully saturated rings. The van der Waals surface area contributed by atoms with E-state index in [0.717, 1.165) is 0 Å². The van der Waals surface area contributed by atoms with Crippen molar-refractivity contribution in [2.24, 2.45) is 5.92 Å². The van der Waals surface area contributed by atoms with Crippen LogP contribution in [-0.4, -0.2) is 39.5 Å². The summed E-state index contributed by atoms with van der Waals surface area (Å²) in [6.07, 6.45) is 0. The van der Waals surface area contributed by atoms with Gasteiger partial charge in [-0.2, -0.15) is 0 Å². The number of benzene rings is 1. The van der Waals surface area contributed by atoms with Gasteiger partial charge in [0.1, 0.15) is 5.25 Å². The topological polar surface area (TPSA) is 72.8 Å². The van der Waals surface area contributed by atoms with Crippen LogP contribution >= 0.6 is 0 Å². The predicted octanol–water partition coefficient (Wildman–Crippen LogP) is 2.32. The molecule has 0 aliphatic carbocycles. The third-order valence-corrected chi connectivity index (χ3v) is 4.70. The van der Waals surface area contributed by atoms with Gasteiger partial charge in [-0.25, -0.2) is 0 Å². The molecule has 1 aromatic rings. The van der Waals surface area contributed by atoms with Gasteiger partial charge in [0, 0.05) is 10.8 Å². The number of carbonyl (C=O) groups is 1. The summed E-state index contributed by atoms with van der Waals surface area (Å²) in [5.74, 6) is 0.171. The van der Waals surface area contributed by atoms with Crippen molar-refractivity contribution in [3.8, 4) is 11.5 Å². The summed E-state index contributed by atoms with van der Waals surface area (Å²) >= 11 is 0. The fraction of sp³-hybridized carbons (Fsp3) is 0.533. The predicted molar refractivity (Wildman–Crippen MR) is 82.4 cm³/mol. The van der Waals surface area contributed by atoms with Crippen LogP contribution in [0.1, 0.15) is 20.8 Å². The second kappa shape index (κ2) is 8.67. The highest BCUT2D eigenvalue weighted by Gasteiger charge is 2.27. The maximum atomic E-state index is 12.0. The molecular formula is C15H22O5S. The summed E-state index contributed by atoms with van der Waals surface area (Å²) < 4.78 is 23.0. The number of ether oxygens (including phenoxy) is 2. The minimum Gasteiger partial charge on any atom is -0.490 e. The van der Waals surface area contributed by atoms with Crippen LogP contribution in [0, 0.1) is 5.92 Å². The summed E-state index contributed by atoms with van der Waals surface area (Å²) in [4.78, 5) is 11.1. The van der Waals surface area contributed by atoms with Crippen LogP contribution < -0.4 is 9.47 Å². The van der Waals surface area contributed by atoms with Crippen molar-refractivity contribution in [2.75, 3.05) is 19.0 Å². The Kier molecular flexibility index (Phi) is 7.22. The lowest BCUT2D eigenvalue weighted by Crippen LogP contribution is -2.33. The highest BCUT2D eigenvalue weighted by molar-refractivity contribution is 7.86. The summed E-state index contributed by atoms with van der Waals surface area (Å²) in [5.41, 5.74) is 0. The number of carboxylic acids is 1. The quantitative estimate of drug-likeness (QED) is 0.757. The molecule has 2 atom stereocenters. The molecule has 2 unspecified atom stereocenters. The lowest BCUT2D eigenvalue weighted by molar-refractivity contribution is -0.137. The Labute approximate surface area is 127 Å². The molecule has 0 radical (unpaired) electrons. The van der Waals surface area contributed by atoms with E-state index in [1.54, 1.807) is 26.0 Å². The standard InChI is InChI=1S/C15H22O5S/c1-4-19-12-7-5-6-8-13(12)20-9-10-21(18)14(11(2)3)15(16)17/h5-8,11,14H,4,9-10H2,1-3H3,(H,16,17). The second-order valence-electron chi connectivity index (χ2n) is 4.82. The van der Waals surface area contributed by atoms with Crippen LogP contribution in [0.25, 0.3) is 0 Å². The smallest absolute Gasteiger partial charge is 0.319 e. The van der Waals surface area contributed by atoms with E-state index in [1.165, 1.54) is 0 Å². The number of aliphatic carboxylic acids is 1. The maximum Gasteiger partial charge on any atom is 0.319 e. The molecule has 0 amide bonds. The first-order valence-corrected chi connectivity index (χ1v) is 8.30. The fourth-order valence-corrected chi connectivity index (χ4v) is 3.24. The van der Waals surface area contributed by atoms with Crippen molar-refractivity contribution in [1.82, 2.24) is 0 Å². The molecule has 0 heterocycles. The van der Waals surface area contributed by atoms with Crippen molar-refractivity contribution >= 4 is 16.8 Å². The molecule has 118 valence electrons. The first-order valence-electron chi connectivity index (χ1n) is 6.92. The molecule has 0 bridgehead atoms. The van der Waals surface area contributed by atoms with E-state index in [1.807, 2.05) is 19.1 Å². The molecule has 6 heteroatoms. The summed E-state index contributed by atoms with van der Waals surface area (Å²) in [5, 5.41) is 8.23. The first kappa shape index (κ1) is 17.5. The van der Waals surface area contributed by atoms with Gasteiger partial charge in [-0.15, -0.1) is 0 Å². The molecule has 0 saturated heterocycles. The number of carboxylic acid groups (broad SMARTS) is 1. The Balaban J connectivity index is 2.57. The Morgan fingerprint density at radius 2 is 1.81 bits per heavy atom. The average molecular weight is 314 g/mol. The van der Waals surface area contributed by atoms with E-state index in [4.69, 9.17) is 14.6 Å². The van der Waals surface area contributed by atoms with Gasteiger partial charge in [-0.05, 0) is 25.0 Å². The third-order valence-electron chi connectivity index (χ3n) is 2.82. The number of hydrogen-bond donors (Lipinski definition) is 1. The van der Waals surface area contributed by atoms with Gasteiger partial charge < -0.3 is 14.6 Å². The highest BCUT2D eigenvalue weighted by atomic mass is 32.2. The van der Waals surface area contributed by atoms with Gasteiger partial charge in [0.25, 0.3) is 0 Å². The van der Waals surface area contributed by atoms with E-state index >= 15 is 0 Å². The van der Waals surface area contributed by atoms with Crippen molar-refractivity contribution in [3.63, 3.8) is 0 Å². The normalized spacial score (nSPS) is 13.7. The van der Waals surface area contributed by atoms with Crippen LogP contribution in [0.5, 0.6) is 11.5 Å². The molecule has 0 saturated carbocycles. The molecule has 21 heavy (non-hydrogen) atoms. The zero-order valence-electron chi connectivity index (χ0n) is 12.6. The second-order valence-corrected chi connectivity index (χ2v) is 6.49. The molecule has 1 N–H and O–H groups in total. The van der Waals surface area contributed by atoms with Crippen molar-refractivity contribution in [2.45, 2.75) is 26.0 Å². The van der Waals surface area contributed by atoms with Gasteiger partial charge in [0.15, 0.2) is 11.5 Å². The van der Waals surface area contributed by atoms with E-state index in [-0.39, 0.29) is 18.3 Å². The van der Waals surface area contributed by atoms with Crippen LogP contribution in [0.3, 0.4) is 0 Å². The zero-order valence-corrected chi connectivity index (χ0v) is 13.4. The van der Waals surface area contributed by atoms with Gasteiger partial charge in [-0.1, -0.05) is 26.0 Å². The van der Waals surface area contributed by atoms with E-state index in [9.17, 15) is 9.00 Å². The van der Waals surface area contributed by atoms with Gasteiger partial charge >= 0.3 is 5.97 Å². The molecule has 0 aromatic heterocycles. The summed E-state index contributed by atoms with van der Waals surface area (Å²) in [7, 11) is -1.47. The Bertz CT molecular complexity index is 487. The molecule has 1 aromatic carbocycles. The largest absolute Gasteiger partial charge is 0.490 e. The van der Waals surface area contributed by atoms with E-state index in [2.05, 4.69) is 0 Å². The fourth-order valence-electron chi connectivity index (χ4n) is 1.91. The zero-order chi connectivity index (χ0) is 15.8. The van der Waals surface area contributed by atoms with Crippen molar-refractivity contribution in [1.29, 1.82) is 0 Å². The molecule has 5 nitrogen and oxygen atoms in total. The van der Waals surface area contributed by atoms with E-state index < -0.39 is 22.0 Å². The van der Waals surface area contributed by atoms with Gasteiger partial charge in [0.05, 0.1) is 19.0 Å². The van der Waals surface area contributed by atoms with E-state index in [0.29, 0.717) is 18.1 Å². The molecule has 1 rings (SSSR count). The monoisotopic (exact) mass is 314 g/mol. The van der Waals surface area contributed by atoms with Crippen LogP contribution in [0.2, 0.25) is 0 Å². The molecule has 0 aliphatic rings. The van der Waals surface area contributed by atoms with Crippen LogP contribution in [0.15, 0.2) is 24.3 Å². The Morgan fingerprint density at radius 1 is 1.24 bits per heavy atom. The van der Waals surface area contributed by atoms with Crippen LogP contribution in [0.4, 0.5) is 0 Å². The average Bonchev–Trinajstić information content (AvgIpc) is 2.40. The van der Waals surface area contributed by atoms with Crippen molar-refractivity contribution in [3.05, 3.63) is 24.3 Å². The SMILES string of the molecule is CCOc1ccccc1OCCS(=O)C(C(=O)O)C(C)C. The highest BCUT2D eigenvalue weighted by Crippen LogP contribution is 2.26. The molecule has 0 aliphatic heterocycles. The number of para-hydroxylation sites is 2. The lowest BCUT2D eigenvalue weighted by atomic mass is 10.1. The molecule has 0 spiro atoms. The number of hydrogen-bond acceptors (Lipinski definition) is 4. The van der Waals surface area contributed by atoms with Crippen LogP contribution in [-0.2, 0) is 15.6 Å². The van der Waals surface area contributed by atoms with Gasteiger partial charge in [0.2, 0.25) is 0 Å². The first-order chi connectivity index (χ1) is 9.97. The Morgan fingerprint density at radius 3 is 2.29 bits per heavy atom. The maximum absolute atomic E-state index is 12.0. The van der Waals surface area contributed by atoms with Gasteiger partial charge in [-0.3, -0.25) is 9.00 Å². The Hall–Kier alpha value is -1.56. The number of rotatable bonds is 9. The van der Waals surface area contributed by atoms with Crippen molar-refractivity contribution < 1.29 is 23.6 Å². The summed E-state index contributed by atoms with van der Waals surface area (Å²) in [6, 6.07) is 7.23. The lowest BCUT2D eigenvalue weighted by Gasteiger charge is -2.16. The minimum atomic E-state index is -1.47. The third kappa shape index (κ3) is 5.38. The summed E-state index contributed by atoms with van der Waals surface area (Å²) in [6.45, 7) is 6.10.